The maximum Gasteiger partial charge on any atom is 0.218 e. The fourth-order valence-electron chi connectivity index (χ4n) is 3.13. The van der Waals surface area contributed by atoms with Crippen molar-refractivity contribution in [2.45, 2.75) is 25.4 Å². The highest BCUT2D eigenvalue weighted by Crippen LogP contribution is 2.28. The van der Waals surface area contributed by atoms with Gasteiger partial charge in [0, 0.05) is 37.8 Å². The van der Waals surface area contributed by atoms with Gasteiger partial charge < -0.3 is 14.4 Å². The zero-order chi connectivity index (χ0) is 13.9. The van der Waals surface area contributed by atoms with E-state index < -0.39 is 0 Å². The van der Waals surface area contributed by atoms with E-state index in [1.54, 1.807) is 13.4 Å². The Bertz CT molecular complexity index is 451. The molecule has 0 amide bonds. The quantitative estimate of drug-likeness (QED) is 0.814. The minimum Gasteiger partial charge on any atom is -0.481 e. The van der Waals surface area contributed by atoms with Crippen molar-refractivity contribution < 1.29 is 9.47 Å². The third-order valence-corrected chi connectivity index (χ3v) is 4.25. The Kier molecular flexibility index (Phi) is 4.03. The number of hydrogen-bond donors (Lipinski definition) is 0. The Morgan fingerprint density at radius 2 is 2.10 bits per heavy atom. The fraction of sp³-hybridized carbons (Fsp3) is 0.714. The van der Waals surface area contributed by atoms with Crippen LogP contribution in [-0.2, 0) is 4.74 Å². The number of anilines is 1. The molecule has 0 aromatic carbocycles. The number of ether oxygens (including phenoxy) is 2. The Balaban J connectivity index is 1.71. The van der Waals surface area contributed by atoms with Crippen LogP contribution in [0.25, 0.3) is 0 Å². The minimum atomic E-state index is 0.488. The van der Waals surface area contributed by atoms with Gasteiger partial charge in [-0.3, -0.25) is 4.90 Å². The van der Waals surface area contributed by atoms with E-state index in [-0.39, 0.29) is 0 Å². The van der Waals surface area contributed by atoms with Gasteiger partial charge in [0.2, 0.25) is 5.88 Å². The van der Waals surface area contributed by atoms with E-state index in [2.05, 4.69) is 26.7 Å². The summed E-state index contributed by atoms with van der Waals surface area (Å²) >= 11 is 0. The number of hydrogen-bond acceptors (Lipinski definition) is 6. The van der Waals surface area contributed by atoms with Crippen LogP contribution < -0.4 is 9.64 Å². The highest BCUT2D eigenvalue weighted by Gasteiger charge is 2.34. The maximum absolute atomic E-state index is 5.44. The average molecular weight is 278 g/mol. The summed E-state index contributed by atoms with van der Waals surface area (Å²) in [6.45, 7) is 7.06. The van der Waals surface area contributed by atoms with E-state index in [0.717, 1.165) is 38.7 Å². The second-order valence-electron chi connectivity index (χ2n) is 5.46. The van der Waals surface area contributed by atoms with Crippen LogP contribution in [0.2, 0.25) is 0 Å². The number of morpholine rings is 1. The average Bonchev–Trinajstić information content (AvgIpc) is 2.90. The van der Waals surface area contributed by atoms with Gasteiger partial charge >= 0.3 is 0 Å². The molecule has 2 unspecified atom stereocenters. The first kappa shape index (κ1) is 13.6. The zero-order valence-corrected chi connectivity index (χ0v) is 12.2. The van der Waals surface area contributed by atoms with Crippen LogP contribution in [0.5, 0.6) is 5.88 Å². The molecule has 3 rings (SSSR count). The van der Waals surface area contributed by atoms with Gasteiger partial charge in [0.1, 0.15) is 12.1 Å². The van der Waals surface area contributed by atoms with Crippen LogP contribution >= 0.6 is 0 Å². The van der Waals surface area contributed by atoms with Gasteiger partial charge in [-0.2, -0.15) is 0 Å². The van der Waals surface area contributed by atoms with E-state index >= 15 is 0 Å². The first-order valence-corrected chi connectivity index (χ1v) is 7.22. The second kappa shape index (κ2) is 5.93. The van der Waals surface area contributed by atoms with Crippen molar-refractivity contribution in [3.8, 4) is 5.88 Å². The molecular weight excluding hydrogens is 256 g/mol. The monoisotopic (exact) mass is 278 g/mol. The molecule has 3 heterocycles. The SMILES string of the molecule is COc1cc(N2CC(N3CCOCC3)CC2C)ncn1. The van der Waals surface area contributed by atoms with Gasteiger partial charge in [-0.05, 0) is 13.3 Å². The van der Waals surface area contributed by atoms with Gasteiger partial charge in [0.25, 0.3) is 0 Å². The number of rotatable bonds is 3. The highest BCUT2D eigenvalue weighted by atomic mass is 16.5. The van der Waals surface area contributed by atoms with E-state index in [0.29, 0.717) is 18.0 Å². The smallest absolute Gasteiger partial charge is 0.218 e. The summed E-state index contributed by atoms with van der Waals surface area (Å²) in [6, 6.07) is 3.00. The van der Waals surface area contributed by atoms with E-state index in [1.165, 1.54) is 6.42 Å². The standard InChI is InChI=1S/C14H22N4O2/c1-11-7-12(17-3-5-20-6-4-17)9-18(11)13-8-14(19-2)16-10-15-13/h8,10-12H,3-7,9H2,1-2H3. The Labute approximate surface area is 119 Å². The van der Waals surface area contributed by atoms with Crippen molar-refractivity contribution in [2.24, 2.45) is 0 Å². The molecule has 110 valence electrons. The van der Waals surface area contributed by atoms with Crippen molar-refractivity contribution in [3.05, 3.63) is 12.4 Å². The van der Waals surface area contributed by atoms with Crippen LogP contribution in [0.15, 0.2) is 12.4 Å². The largest absolute Gasteiger partial charge is 0.481 e. The molecular formula is C14H22N4O2. The molecule has 0 spiro atoms. The lowest BCUT2D eigenvalue weighted by atomic mass is 10.1. The van der Waals surface area contributed by atoms with Crippen molar-refractivity contribution >= 4 is 5.82 Å². The van der Waals surface area contributed by atoms with Crippen molar-refractivity contribution in [2.75, 3.05) is 44.9 Å². The van der Waals surface area contributed by atoms with Crippen LogP contribution in [0, 0.1) is 0 Å². The summed E-state index contributed by atoms with van der Waals surface area (Å²) in [5.41, 5.74) is 0. The molecule has 2 saturated heterocycles. The topological polar surface area (TPSA) is 50.7 Å². The second-order valence-corrected chi connectivity index (χ2v) is 5.46. The summed E-state index contributed by atoms with van der Waals surface area (Å²) in [6.07, 6.45) is 2.75. The molecule has 0 aliphatic carbocycles. The minimum absolute atomic E-state index is 0.488. The van der Waals surface area contributed by atoms with Gasteiger partial charge in [0.15, 0.2) is 0 Å². The summed E-state index contributed by atoms with van der Waals surface area (Å²) in [5, 5.41) is 0. The van der Waals surface area contributed by atoms with E-state index in [1.807, 2.05) is 6.07 Å². The lowest BCUT2D eigenvalue weighted by Gasteiger charge is -2.32. The number of methoxy groups -OCH3 is 1. The van der Waals surface area contributed by atoms with Crippen molar-refractivity contribution in [1.82, 2.24) is 14.9 Å². The lowest BCUT2D eigenvalue weighted by molar-refractivity contribution is 0.0204. The molecule has 6 nitrogen and oxygen atoms in total. The van der Waals surface area contributed by atoms with Crippen LogP contribution in [0.4, 0.5) is 5.82 Å². The Morgan fingerprint density at radius 1 is 1.30 bits per heavy atom. The molecule has 20 heavy (non-hydrogen) atoms. The highest BCUT2D eigenvalue weighted by molar-refractivity contribution is 5.43. The van der Waals surface area contributed by atoms with E-state index in [4.69, 9.17) is 9.47 Å². The summed E-state index contributed by atoms with van der Waals surface area (Å²) < 4.78 is 10.6. The molecule has 2 aliphatic rings. The van der Waals surface area contributed by atoms with Gasteiger partial charge in [-0.15, -0.1) is 0 Å². The third-order valence-electron chi connectivity index (χ3n) is 4.25. The van der Waals surface area contributed by atoms with Crippen LogP contribution in [-0.4, -0.2) is 66.9 Å². The van der Waals surface area contributed by atoms with E-state index in [9.17, 15) is 0 Å². The Hall–Kier alpha value is -1.40. The van der Waals surface area contributed by atoms with Crippen molar-refractivity contribution in [1.29, 1.82) is 0 Å². The third kappa shape index (κ3) is 2.71. The lowest BCUT2D eigenvalue weighted by Crippen LogP contribution is -2.44. The zero-order valence-electron chi connectivity index (χ0n) is 12.2. The van der Waals surface area contributed by atoms with Gasteiger partial charge in [-0.1, -0.05) is 0 Å². The number of aromatic nitrogens is 2. The maximum atomic E-state index is 5.44. The first-order chi connectivity index (χ1) is 9.78. The predicted molar refractivity (Wildman–Crippen MR) is 76.2 cm³/mol. The van der Waals surface area contributed by atoms with Crippen LogP contribution in [0.1, 0.15) is 13.3 Å². The molecule has 2 aliphatic heterocycles. The summed E-state index contributed by atoms with van der Waals surface area (Å²) in [5.74, 6) is 1.58. The fourth-order valence-corrected chi connectivity index (χ4v) is 3.13. The molecule has 1 aromatic rings. The normalized spacial score (nSPS) is 27.8. The molecule has 1 aromatic heterocycles. The molecule has 0 saturated carbocycles. The van der Waals surface area contributed by atoms with Crippen LogP contribution in [0.3, 0.4) is 0 Å². The van der Waals surface area contributed by atoms with Gasteiger partial charge in [-0.25, -0.2) is 9.97 Å². The molecule has 0 radical (unpaired) electrons. The molecule has 0 bridgehead atoms. The van der Waals surface area contributed by atoms with Gasteiger partial charge in [0.05, 0.1) is 20.3 Å². The molecule has 2 fully saturated rings. The number of nitrogens with zero attached hydrogens (tertiary/aromatic N) is 4. The van der Waals surface area contributed by atoms with Crippen molar-refractivity contribution in [3.63, 3.8) is 0 Å². The molecule has 2 atom stereocenters. The molecule has 0 N–H and O–H groups in total. The predicted octanol–water partition coefficient (Wildman–Crippen LogP) is 0.785. The Morgan fingerprint density at radius 3 is 2.85 bits per heavy atom. The summed E-state index contributed by atoms with van der Waals surface area (Å²) in [7, 11) is 1.63. The first-order valence-electron chi connectivity index (χ1n) is 7.22. The molecule has 6 heteroatoms. The summed E-state index contributed by atoms with van der Waals surface area (Å²) in [4.78, 5) is 13.4.